The number of aryl methyl sites for hydroxylation is 1. The molecule has 128 valence electrons. The van der Waals surface area contributed by atoms with Gasteiger partial charge in [0.05, 0.1) is 24.0 Å². The Bertz CT molecular complexity index is 1020. The quantitative estimate of drug-likeness (QED) is 0.653. The maximum Gasteiger partial charge on any atom is 0.287 e. The van der Waals surface area contributed by atoms with Crippen LogP contribution in [0.1, 0.15) is 6.42 Å². The Balaban J connectivity index is 1.42. The first-order chi connectivity index (χ1) is 12.1. The lowest BCUT2D eigenvalue weighted by atomic mass is 9.87. The zero-order valence-electron chi connectivity index (χ0n) is 13.4. The van der Waals surface area contributed by atoms with Crippen LogP contribution in [0.15, 0.2) is 29.5 Å². The van der Waals surface area contributed by atoms with Crippen molar-refractivity contribution in [3.63, 3.8) is 0 Å². The molecule has 2 unspecified atom stereocenters. The summed E-state index contributed by atoms with van der Waals surface area (Å²) < 4.78 is 2.93. The Labute approximate surface area is 147 Å². The number of anilines is 2. The SMILES string of the molecule is Cn1ncc(N2CC3CC(C2)N3c2ccc3nncn3n2)c(Cl)c1=O. The number of halogens is 1. The minimum Gasteiger partial charge on any atom is -0.365 e. The highest BCUT2D eigenvalue weighted by Gasteiger charge is 2.46. The Morgan fingerprint density at radius 3 is 2.84 bits per heavy atom. The molecule has 10 heteroatoms. The summed E-state index contributed by atoms with van der Waals surface area (Å²) >= 11 is 6.24. The molecule has 3 fully saturated rings. The van der Waals surface area contributed by atoms with E-state index < -0.39 is 0 Å². The number of aromatic nitrogens is 6. The molecule has 25 heavy (non-hydrogen) atoms. The molecule has 3 saturated heterocycles. The molecule has 0 amide bonds. The predicted octanol–water partition coefficient (Wildman–Crippen LogP) is 0.339. The number of hydrogen-bond donors (Lipinski definition) is 0. The van der Waals surface area contributed by atoms with Gasteiger partial charge in [-0.15, -0.1) is 15.3 Å². The second kappa shape index (κ2) is 5.16. The van der Waals surface area contributed by atoms with Crippen molar-refractivity contribution < 1.29 is 0 Å². The normalized spacial score (nSPS) is 22.3. The number of piperazine rings is 1. The van der Waals surface area contributed by atoms with Crippen molar-refractivity contribution in [2.24, 2.45) is 7.05 Å². The predicted molar refractivity (Wildman–Crippen MR) is 92.2 cm³/mol. The summed E-state index contributed by atoms with van der Waals surface area (Å²) in [6.45, 7) is 1.57. The van der Waals surface area contributed by atoms with Crippen LogP contribution in [0.5, 0.6) is 0 Å². The van der Waals surface area contributed by atoms with E-state index in [9.17, 15) is 4.79 Å². The van der Waals surface area contributed by atoms with Crippen LogP contribution < -0.4 is 15.4 Å². The van der Waals surface area contributed by atoms with Crippen LogP contribution in [0.2, 0.25) is 5.02 Å². The first-order valence-corrected chi connectivity index (χ1v) is 8.42. The van der Waals surface area contributed by atoms with Gasteiger partial charge in [-0.3, -0.25) is 4.79 Å². The molecule has 3 aromatic heterocycles. The topological polar surface area (TPSA) is 84.5 Å². The van der Waals surface area contributed by atoms with Gasteiger partial charge in [0.2, 0.25) is 0 Å². The lowest BCUT2D eigenvalue weighted by Gasteiger charge is -2.57. The molecule has 9 nitrogen and oxygen atoms in total. The molecule has 0 aliphatic carbocycles. The molecule has 2 bridgehead atoms. The van der Waals surface area contributed by atoms with E-state index in [0.717, 1.165) is 31.0 Å². The van der Waals surface area contributed by atoms with Crippen LogP contribution in [-0.4, -0.2) is 54.8 Å². The van der Waals surface area contributed by atoms with Gasteiger partial charge in [-0.25, -0.2) is 4.68 Å². The average Bonchev–Trinajstić information content (AvgIpc) is 3.07. The highest BCUT2D eigenvalue weighted by Crippen LogP contribution is 2.38. The largest absolute Gasteiger partial charge is 0.365 e. The fraction of sp³-hybridized carbons (Fsp3) is 0.400. The number of fused-ring (bicyclic) bond motifs is 3. The first kappa shape index (κ1) is 14.6. The van der Waals surface area contributed by atoms with E-state index in [4.69, 9.17) is 11.6 Å². The van der Waals surface area contributed by atoms with Gasteiger partial charge < -0.3 is 9.80 Å². The summed E-state index contributed by atoms with van der Waals surface area (Å²) in [5.74, 6) is 0.918. The number of piperidine rings is 1. The van der Waals surface area contributed by atoms with Gasteiger partial charge in [0.1, 0.15) is 17.2 Å². The van der Waals surface area contributed by atoms with Gasteiger partial charge in [-0.2, -0.15) is 9.61 Å². The van der Waals surface area contributed by atoms with E-state index in [1.54, 1.807) is 24.1 Å². The highest BCUT2D eigenvalue weighted by molar-refractivity contribution is 6.33. The third kappa shape index (κ3) is 2.12. The van der Waals surface area contributed by atoms with Gasteiger partial charge >= 0.3 is 0 Å². The molecule has 0 saturated carbocycles. The van der Waals surface area contributed by atoms with Gasteiger partial charge in [0.15, 0.2) is 5.65 Å². The van der Waals surface area contributed by atoms with Crippen LogP contribution >= 0.6 is 11.6 Å². The summed E-state index contributed by atoms with van der Waals surface area (Å²) in [6, 6.07) is 4.56. The lowest BCUT2D eigenvalue weighted by Crippen LogP contribution is -2.69. The molecule has 6 heterocycles. The molecule has 0 radical (unpaired) electrons. The monoisotopic (exact) mass is 358 g/mol. The maximum absolute atomic E-state index is 12.0. The number of hydrogen-bond acceptors (Lipinski definition) is 7. The van der Waals surface area contributed by atoms with Crippen LogP contribution in [0.3, 0.4) is 0 Å². The molecule has 3 aliphatic rings. The summed E-state index contributed by atoms with van der Waals surface area (Å²) in [7, 11) is 1.60. The van der Waals surface area contributed by atoms with E-state index in [2.05, 4.69) is 30.2 Å². The molecule has 3 aromatic rings. The zero-order valence-corrected chi connectivity index (χ0v) is 14.2. The van der Waals surface area contributed by atoms with Gasteiger partial charge in [0, 0.05) is 20.1 Å². The minimum atomic E-state index is -0.269. The fourth-order valence-electron chi connectivity index (χ4n) is 3.76. The van der Waals surface area contributed by atoms with Crippen molar-refractivity contribution in [1.82, 2.24) is 29.6 Å². The van der Waals surface area contributed by atoms with Crippen LogP contribution in [-0.2, 0) is 7.05 Å². The number of nitrogens with zero attached hydrogens (tertiary/aromatic N) is 8. The highest BCUT2D eigenvalue weighted by atomic mass is 35.5. The molecule has 3 aliphatic heterocycles. The van der Waals surface area contributed by atoms with E-state index in [1.165, 1.54) is 4.68 Å². The lowest BCUT2D eigenvalue weighted by molar-refractivity contribution is 0.287. The van der Waals surface area contributed by atoms with E-state index in [0.29, 0.717) is 17.8 Å². The number of rotatable bonds is 2. The standard InChI is InChI=1S/C15H15ClN8O/c1-21-15(25)14(16)11(5-18-21)22-6-9-4-10(7-22)24(9)13-3-2-12-19-17-8-23(12)20-13/h2-3,5,8-10H,4,6-7H2,1H3. The smallest absolute Gasteiger partial charge is 0.287 e. The van der Waals surface area contributed by atoms with Crippen molar-refractivity contribution in [2.45, 2.75) is 18.5 Å². The van der Waals surface area contributed by atoms with E-state index in [-0.39, 0.29) is 10.6 Å². The summed E-state index contributed by atoms with van der Waals surface area (Å²) in [5.41, 5.74) is 1.17. The summed E-state index contributed by atoms with van der Waals surface area (Å²) in [6.07, 6.45) is 4.38. The van der Waals surface area contributed by atoms with Crippen molar-refractivity contribution in [2.75, 3.05) is 22.9 Å². The molecule has 2 atom stereocenters. The van der Waals surface area contributed by atoms with Crippen LogP contribution in [0.4, 0.5) is 11.5 Å². The van der Waals surface area contributed by atoms with E-state index >= 15 is 0 Å². The second-order valence-corrected chi connectivity index (χ2v) is 6.83. The third-order valence-electron chi connectivity index (χ3n) is 5.01. The Kier molecular flexibility index (Phi) is 3.02. The second-order valence-electron chi connectivity index (χ2n) is 6.45. The Hall–Kier alpha value is -2.68. The molecule has 0 N–H and O–H groups in total. The average molecular weight is 359 g/mol. The van der Waals surface area contributed by atoms with Crippen molar-refractivity contribution in [3.05, 3.63) is 40.0 Å². The summed E-state index contributed by atoms with van der Waals surface area (Å²) in [5, 5.41) is 16.8. The van der Waals surface area contributed by atoms with Crippen molar-refractivity contribution >= 4 is 28.8 Å². The molecule has 0 spiro atoms. The summed E-state index contributed by atoms with van der Waals surface area (Å²) in [4.78, 5) is 16.5. The van der Waals surface area contributed by atoms with Crippen molar-refractivity contribution in [1.29, 1.82) is 0 Å². The first-order valence-electron chi connectivity index (χ1n) is 8.04. The minimum absolute atomic E-state index is 0.231. The molecule has 0 aromatic carbocycles. The third-order valence-corrected chi connectivity index (χ3v) is 5.36. The fourth-order valence-corrected chi connectivity index (χ4v) is 4.05. The molecular formula is C15H15ClN8O. The zero-order chi connectivity index (χ0) is 17.1. The maximum atomic E-state index is 12.0. The Morgan fingerprint density at radius 2 is 2.04 bits per heavy atom. The van der Waals surface area contributed by atoms with Gasteiger partial charge in [-0.1, -0.05) is 11.6 Å². The van der Waals surface area contributed by atoms with Crippen LogP contribution in [0, 0.1) is 0 Å². The Morgan fingerprint density at radius 1 is 1.24 bits per heavy atom. The van der Waals surface area contributed by atoms with Gasteiger partial charge in [-0.05, 0) is 18.6 Å². The van der Waals surface area contributed by atoms with Crippen LogP contribution in [0.25, 0.3) is 5.65 Å². The molecule has 6 rings (SSSR count). The van der Waals surface area contributed by atoms with Gasteiger partial charge in [0.25, 0.3) is 5.56 Å². The van der Waals surface area contributed by atoms with E-state index in [1.807, 2.05) is 12.1 Å². The van der Waals surface area contributed by atoms with Crippen molar-refractivity contribution in [3.8, 4) is 0 Å². The molecular weight excluding hydrogens is 344 g/mol.